The highest BCUT2D eigenvalue weighted by Crippen LogP contribution is 2.37. The van der Waals surface area contributed by atoms with Crippen LogP contribution in [0, 0.1) is 20.8 Å². The first kappa shape index (κ1) is 22.3. The van der Waals surface area contributed by atoms with E-state index in [0.717, 1.165) is 16.1 Å². The van der Waals surface area contributed by atoms with E-state index in [1.807, 2.05) is 32.9 Å². The van der Waals surface area contributed by atoms with Crippen molar-refractivity contribution in [3.05, 3.63) is 49.9 Å². The van der Waals surface area contributed by atoms with Crippen LogP contribution in [0.25, 0.3) is 10.9 Å². The minimum absolute atomic E-state index is 0.248. The van der Waals surface area contributed by atoms with E-state index in [-0.39, 0.29) is 24.0 Å². The van der Waals surface area contributed by atoms with Crippen LogP contribution in [0.3, 0.4) is 0 Å². The Morgan fingerprint density at radius 2 is 1.90 bits per heavy atom. The van der Waals surface area contributed by atoms with E-state index < -0.39 is 11.9 Å². The smallest absolute Gasteiger partial charge is 0.341 e. The summed E-state index contributed by atoms with van der Waals surface area (Å²) in [5.74, 6) is -0.630. The van der Waals surface area contributed by atoms with E-state index in [0.29, 0.717) is 26.5 Å². The average Bonchev–Trinajstić information content (AvgIpc) is 2.94. The monoisotopic (exact) mass is 466 g/mol. The van der Waals surface area contributed by atoms with Crippen molar-refractivity contribution < 1.29 is 19.1 Å². The van der Waals surface area contributed by atoms with Gasteiger partial charge in [0.05, 0.1) is 22.2 Å². The molecule has 3 rings (SSSR count). The summed E-state index contributed by atoms with van der Waals surface area (Å²) in [6, 6.07) is 5.21. The van der Waals surface area contributed by atoms with Gasteiger partial charge in [-0.1, -0.05) is 23.2 Å². The number of rotatable bonds is 6. The normalized spacial score (nSPS) is 10.9. The standard InChI is InChI=1S/C21H20Cl2N2O4S/c1-5-28-21(27)17-11(3)12(4)30-20(17)25-16(26)9-29-19-15(23)8-14(22)13-7-6-10(2)24-18(13)19/h6-8H,5,9H2,1-4H3,(H,25,26). The third kappa shape index (κ3) is 4.53. The molecule has 2 aromatic heterocycles. The molecule has 0 spiro atoms. The highest BCUT2D eigenvalue weighted by Gasteiger charge is 2.22. The number of carbonyl (C=O) groups is 2. The maximum Gasteiger partial charge on any atom is 0.341 e. The minimum Gasteiger partial charge on any atom is -0.480 e. The maximum absolute atomic E-state index is 12.5. The lowest BCUT2D eigenvalue weighted by Crippen LogP contribution is -2.21. The van der Waals surface area contributed by atoms with Gasteiger partial charge in [0.2, 0.25) is 0 Å². The second-order valence-electron chi connectivity index (χ2n) is 6.56. The number of benzene rings is 1. The van der Waals surface area contributed by atoms with Gasteiger partial charge in [-0.3, -0.25) is 4.79 Å². The van der Waals surface area contributed by atoms with E-state index in [1.165, 1.54) is 11.3 Å². The molecule has 0 atom stereocenters. The predicted molar refractivity (Wildman–Crippen MR) is 120 cm³/mol. The molecular weight excluding hydrogens is 447 g/mol. The molecule has 0 saturated heterocycles. The Balaban J connectivity index is 1.82. The summed E-state index contributed by atoms with van der Waals surface area (Å²) in [6.45, 7) is 7.19. The van der Waals surface area contributed by atoms with Gasteiger partial charge >= 0.3 is 5.97 Å². The van der Waals surface area contributed by atoms with Gasteiger partial charge in [0.1, 0.15) is 10.5 Å². The van der Waals surface area contributed by atoms with Gasteiger partial charge in [0.25, 0.3) is 5.91 Å². The molecule has 6 nitrogen and oxygen atoms in total. The maximum atomic E-state index is 12.5. The minimum atomic E-state index is -0.470. The topological polar surface area (TPSA) is 77.5 Å². The van der Waals surface area contributed by atoms with Crippen LogP contribution in [0.15, 0.2) is 18.2 Å². The zero-order chi connectivity index (χ0) is 22.0. The van der Waals surface area contributed by atoms with Crippen LogP contribution in [0.5, 0.6) is 5.75 Å². The first-order valence-corrected chi connectivity index (χ1v) is 10.7. The summed E-state index contributed by atoms with van der Waals surface area (Å²) in [4.78, 5) is 30.2. The second-order valence-corrected chi connectivity index (χ2v) is 8.60. The lowest BCUT2D eigenvalue weighted by molar-refractivity contribution is -0.118. The number of pyridine rings is 1. The predicted octanol–water partition coefficient (Wildman–Crippen LogP) is 5.72. The quantitative estimate of drug-likeness (QED) is 0.469. The summed E-state index contributed by atoms with van der Waals surface area (Å²) < 4.78 is 10.8. The molecule has 0 aliphatic carbocycles. The van der Waals surface area contributed by atoms with E-state index >= 15 is 0 Å². The van der Waals surface area contributed by atoms with Crippen LogP contribution < -0.4 is 10.1 Å². The Kier molecular flexibility index (Phi) is 6.85. The number of aromatic nitrogens is 1. The molecule has 2 heterocycles. The number of aryl methyl sites for hydroxylation is 2. The van der Waals surface area contributed by atoms with Crippen molar-refractivity contribution in [2.24, 2.45) is 0 Å². The molecule has 0 aliphatic heterocycles. The van der Waals surface area contributed by atoms with Gasteiger partial charge in [0, 0.05) is 16.0 Å². The molecule has 3 aromatic rings. The van der Waals surface area contributed by atoms with Gasteiger partial charge in [-0.15, -0.1) is 11.3 Å². The molecule has 0 bridgehead atoms. The highest BCUT2D eigenvalue weighted by atomic mass is 35.5. The van der Waals surface area contributed by atoms with Crippen molar-refractivity contribution in [2.45, 2.75) is 27.7 Å². The van der Waals surface area contributed by atoms with Crippen molar-refractivity contribution in [3.8, 4) is 5.75 Å². The van der Waals surface area contributed by atoms with Crippen LogP contribution >= 0.6 is 34.5 Å². The molecule has 158 valence electrons. The molecule has 9 heteroatoms. The molecule has 0 saturated carbocycles. The van der Waals surface area contributed by atoms with E-state index in [2.05, 4.69) is 10.3 Å². The van der Waals surface area contributed by atoms with Gasteiger partial charge in [0.15, 0.2) is 12.4 Å². The summed E-state index contributed by atoms with van der Waals surface area (Å²) >= 11 is 13.8. The summed E-state index contributed by atoms with van der Waals surface area (Å²) in [5, 5.41) is 4.55. The number of nitrogens with one attached hydrogen (secondary N) is 1. The molecule has 0 fully saturated rings. The van der Waals surface area contributed by atoms with Gasteiger partial charge < -0.3 is 14.8 Å². The second kappa shape index (κ2) is 9.20. The van der Waals surface area contributed by atoms with Gasteiger partial charge in [-0.05, 0) is 51.5 Å². The zero-order valence-electron chi connectivity index (χ0n) is 16.9. The number of anilines is 1. The lowest BCUT2D eigenvalue weighted by atomic mass is 10.1. The van der Waals surface area contributed by atoms with E-state index in [1.54, 1.807) is 13.0 Å². The van der Waals surface area contributed by atoms with Gasteiger partial charge in [-0.2, -0.15) is 0 Å². The molecule has 0 aliphatic rings. The number of hydrogen-bond donors (Lipinski definition) is 1. The van der Waals surface area contributed by atoms with E-state index in [4.69, 9.17) is 32.7 Å². The Labute approximate surface area is 188 Å². The Hall–Kier alpha value is -2.35. The molecular formula is C21H20Cl2N2O4S. The Morgan fingerprint density at radius 3 is 2.60 bits per heavy atom. The van der Waals surface area contributed by atoms with Crippen LogP contribution in [0.2, 0.25) is 10.0 Å². The van der Waals surface area contributed by atoms with Crippen molar-refractivity contribution >= 4 is 62.3 Å². The number of halogens is 2. The fourth-order valence-electron chi connectivity index (χ4n) is 2.89. The first-order chi connectivity index (χ1) is 14.2. The van der Waals surface area contributed by atoms with Crippen LogP contribution in [-0.2, 0) is 9.53 Å². The molecule has 0 radical (unpaired) electrons. The number of amides is 1. The molecule has 30 heavy (non-hydrogen) atoms. The Morgan fingerprint density at radius 1 is 1.17 bits per heavy atom. The Bertz CT molecular complexity index is 1140. The van der Waals surface area contributed by atoms with E-state index in [9.17, 15) is 9.59 Å². The summed E-state index contributed by atoms with van der Waals surface area (Å²) in [5.41, 5.74) is 2.38. The SMILES string of the molecule is CCOC(=O)c1c(NC(=O)COc2c(Cl)cc(Cl)c3ccc(C)nc23)sc(C)c1C. The summed E-state index contributed by atoms with van der Waals surface area (Å²) in [6.07, 6.45) is 0. The third-order valence-corrected chi connectivity index (χ3v) is 6.16. The van der Waals surface area contributed by atoms with Gasteiger partial charge in [-0.25, -0.2) is 9.78 Å². The van der Waals surface area contributed by atoms with Crippen molar-refractivity contribution in [3.63, 3.8) is 0 Å². The number of fused-ring (bicyclic) bond motifs is 1. The molecule has 0 unspecified atom stereocenters. The third-order valence-electron chi connectivity index (χ3n) is 4.44. The molecule has 1 N–H and O–H groups in total. The number of nitrogens with zero attached hydrogens (tertiary/aromatic N) is 1. The van der Waals surface area contributed by atoms with Crippen molar-refractivity contribution in [2.75, 3.05) is 18.5 Å². The number of hydrogen-bond acceptors (Lipinski definition) is 6. The fourth-order valence-corrected chi connectivity index (χ4v) is 4.53. The zero-order valence-corrected chi connectivity index (χ0v) is 19.2. The average molecular weight is 467 g/mol. The number of esters is 1. The van der Waals surface area contributed by atoms with Crippen molar-refractivity contribution in [1.29, 1.82) is 0 Å². The van der Waals surface area contributed by atoms with Crippen LogP contribution in [0.4, 0.5) is 5.00 Å². The van der Waals surface area contributed by atoms with Crippen LogP contribution in [-0.4, -0.2) is 30.1 Å². The fraction of sp³-hybridized carbons (Fsp3) is 0.286. The number of ether oxygens (including phenoxy) is 2. The molecule has 1 aromatic carbocycles. The number of thiophene rings is 1. The lowest BCUT2D eigenvalue weighted by Gasteiger charge is -2.12. The largest absolute Gasteiger partial charge is 0.480 e. The van der Waals surface area contributed by atoms with Crippen LogP contribution in [0.1, 0.15) is 33.4 Å². The molecule has 1 amide bonds. The summed E-state index contributed by atoms with van der Waals surface area (Å²) in [7, 11) is 0. The first-order valence-electron chi connectivity index (χ1n) is 9.18. The number of carbonyl (C=O) groups excluding carboxylic acids is 2. The van der Waals surface area contributed by atoms with Crippen molar-refractivity contribution in [1.82, 2.24) is 4.98 Å². The highest BCUT2D eigenvalue weighted by molar-refractivity contribution is 7.16.